The third kappa shape index (κ3) is 4.47. The lowest BCUT2D eigenvalue weighted by atomic mass is 9.97. The molecule has 0 unspecified atom stereocenters. The molecule has 0 radical (unpaired) electrons. The molecule has 1 fully saturated rings. The van der Waals surface area contributed by atoms with Crippen molar-refractivity contribution in [3.63, 3.8) is 0 Å². The summed E-state index contributed by atoms with van der Waals surface area (Å²) in [6, 6.07) is 0. The average Bonchev–Trinajstić information content (AvgIpc) is 2.38. The maximum Gasteiger partial charge on any atom is 0.228 e. The molecule has 1 aliphatic heterocycles. The molecule has 0 saturated carbocycles. The maximum absolute atomic E-state index is 5.88. The van der Waals surface area contributed by atoms with Crippen LogP contribution in [0.5, 0.6) is 0 Å². The van der Waals surface area contributed by atoms with Crippen LogP contribution >= 0.6 is 11.6 Å². The van der Waals surface area contributed by atoms with Crippen molar-refractivity contribution in [2.75, 3.05) is 43.9 Å². The lowest BCUT2D eigenvalue weighted by molar-refractivity contribution is 0.226. The molecule has 2 heterocycles. The molecule has 0 bridgehead atoms. The van der Waals surface area contributed by atoms with Gasteiger partial charge in [0.15, 0.2) is 0 Å². The lowest BCUT2D eigenvalue weighted by Crippen LogP contribution is -2.33. The predicted molar refractivity (Wildman–Crippen MR) is 77.7 cm³/mol. The Bertz CT molecular complexity index is 405. The molecule has 1 aromatic rings. The van der Waals surface area contributed by atoms with E-state index < -0.39 is 0 Å². The third-order valence-corrected chi connectivity index (χ3v) is 3.50. The van der Waals surface area contributed by atoms with Gasteiger partial charge in [0, 0.05) is 13.1 Å². The van der Waals surface area contributed by atoms with Crippen LogP contribution in [0.3, 0.4) is 0 Å². The molecule has 0 aliphatic carbocycles. The molecular formula is C12H21ClN6. The second kappa shape index (κ2) is 6.86. The Morgan fingerprint density at radius 1 is 1.16 bits per heavy atom. The summed E-state index contributed by atoms with van der Waals surface area (Å²) >= 11 is 5.88. The zero-order chi connectivity index (χ0) is 13.7. The number of rotatable bonds is 5. The Hall–Kier alpha value is -1.14. The van der Waals surface area contributed by atoms with E-state index in [1.54, 1.807) is 0 Å². The second-order valence-corrected chi connectivity index (χ2v) is 5.25. The molecule has 0 aromatic carbocycles. The number of nitrogens with one attached hydrogen (secondary N) is 2. The zero-order valence-corrected chi connectivity index (χ0v) is 12.2. The van der Waals surface area contributed by atoms with Crippen LogP contribution in [0.25, 0.3) is 0 Å². The van der Waals surface area contributed by atoms with Crippen molar-refractivity contribution >= 4 is 23.5 Å². The highest BCUT2D eigenvalue weighted by atomic mass is 35.5. The van der Waals surface area contributed by atoms with Crippen molar-refractivity contribution in [3.8, 4) is 0 Å². The SMILES string of the molecule is CCNc1nc(Cl)nc(NCC2CCN(C)CC2)n1. The highest BCUT2D eigenvalue weighted by Gasteiger charge is 2.16. The van der Waals surface area contributed by atoms with Gasteiger partial charge in [-0.25, -0.2) is 0 Å². The number of aromatic nitrogens is 3. The zero-order valence-electron chi connectivity index (χ0n) is 11.5. The molecule has 1 aliphatic rings. The van der Waals surface area contributed by atoms with Crippen molar-refractivity contribution in [2.45, 2.75) is 19.8 Å². The minimum absolute atomic E-state index is 0.219. The molecule has 19 heavy (non-hydrogen) atoms. The molecule has 7 heteroatoms. The van der Waals surface area contributed by atoms with Gasteiger partial charge in [-0.3, -0.25) is 0 Å². The fraction of sp³-hybridized carbons (Fsp3) is 0.750. The molecule has 6 nitrogen and oxygen atoms in total. The summed E-state index contributed by atoms with van der Waals surface area (Å²) in [5, 5.41) is 6.52. The Morgan fingerprint density at radius 3 is 2.42 bits per heavy atom. The molecule has 2 rings (SSSR count). The highest BCUT2D eigenvalue weighted by Crippen LogP contribution is 2.17. The lowest BCUT2D eigenvalue weighted by Gasteiger charge is -2.28. The Labute approximate surface area is 119 Å². The predicted octanol–water partition coefficient (Wildman–Crippen LogP) is 1.71. The summed E-state index contributed by atoms with van der Waals surface area (Å²) in [6.45, 7) is 5.96. The topological polar surface area (TPSA) is 66.0 Å². The van der Waals surface area contributed by atoms with E-state index in [1.165, 1.54) is 12.8 Å². The van der Waals surface area contributed by atoms with Crippen LogP contribution in [0.4, 0.5) is 11.9 Å². The molecular weight excluding hydrogens is 264 g/mol. The molecule has 0 atom stereocenters. The van der Waals surface area contributed by atoms with Crippen molar-refractivity contribution in [1.82, 2.24) is 19.9 Å². The van der Waals surface area contributed by atoms with E-state index >= 15 is 0 Å². The summed E-state index contributed by atoms with van der Waals surface area (Å²) in [6.07, 6.45) is 2.42. The van der Waals surface area contributed by atoms with Crippen molar-refractivity contribution in [1.29, 1.82) is 0 Å². The Morgan fingerprint density at radius 2 is 1.79 bits per heavy atom. The van der Waals surface area contributed by atoms with Gasteiger partial charge in [-0.2, -0.15) is 15.0 Å². The number of hydrogen-bond acceptors (Lipinski definition) is 6. The van der Waals surface area contributed by atoms with Gasteiger partial charge in [-0.1, -0.05) is 0 Å². The van der Waals surface area contributed by atoms with Crippen molar-refractivity contribution < 1.29 is 0 Å². The number of halogens is 1. The van der Waals surface area contributed by atoms with Gasteiger partial charge in [0.05, 0.1) is 0 Å². The number of likely N-dealkylation sites (tertiary alicyclic amines) is 1. The van der Waals surface area contributed by atoms with Crippen molar-refractivity contribution in [2.24, 2.45) is 5.92 Å². The van der Waals surface area contributed by atoms with E-state index in [9.17, 15) is 0 Å². The van der Waals surface area contributed by atoms with E-state index in [2.05, 4.69) is 37.5 Å². The fourth-order valence-corrected chi connectivity index (χ4v) is 2.33. The quantitative estimate of drug-likeness (QED) is 0.858. The third-order valence-electron chi connectivity index (χ3n) is 3.33. The van der Waals surface area contributed by atoms with E-state index in [0.29, 0.717) is 17.8 Å². The minimum atomic E-state index is 0.219. The monoisotopic (exact) mass is 284 g/mol. The summed E-state index contributed by atoms with van der Waals surface area (Å²) < 4.78 is 0. The molecule has 1 aromatic heterocycles. The van der Waals surface area contributed by atoms with Crippen LogP contribution in [0.2, 0.25) is 5.28 Å². The average molecular weight is 285 g/mol. The largest absolute Gasteiger partial charge is 0.354 e. The van der Waals surface area contributed by atoms with Crippen LogP contribution in [-0.2, 0) is 0 Å². The molecule has 0 spiro atoms. The van der Waals surface area contributed by atoms with Crippen molar-refractivity contribution in [3.05, 3.63) is 5.28 Å². The van der Waals surface area contributed by atoms with Crippen LogP contribution in [0, 0.1) is 5.92 Å². The first-order valence-electron chi connectivity index (χ1n) is 6.75. The van der Waals surface area contributed by atoms with Crippen LogP contribution in [-0.4, -0.2) is 53.1 Å². The van der Waals surface area contributed by atoms with E-state index in [1.807, 2.05) is 6.92 Å². The fourth-order valence-electron chi connectivity index (χ4n) is 2.17. The molecule has 1 saturated heterocycles. The van der Waals surface area contributed by atoms with Gasteiger partial charge in [0.1, 0.15) is 0 Å². The van der Waals surface area contributed by atoms with E-state index in [0.717, 1.165) is 26.2 Å². The Kier molecular flexibility index (Phi) is 5.15. The first-order valence-corrected chi connectivity index (χ1v) is 7.13. The molecule has 0 amide bonds. The van der Waals surface area contributed by atoms with E-state index in [4.69, 9.17) is 11.6 Å². The molecule has 106 valence electrons. The Balaban J connectivity index is 1.88. The minimum Gasteiger partial charge on any atom is -0.354 e. The van der Waals surface area contributed by atoms with Gasteiger partial charge in [-0.05, 0) is 57.4 Å². The summed E-state index contributed by atoms with van der Waals surface area (Å²) in [5.41, 5.74) is 0. The first-order chi connectivity index (χ1) is 9.17. The standard InChI is InChI=1S/C12H21ClN6/c1-3-14-11-16-10(13)17-12(18-11)15-8-9-4-6-19(2)7-5-9/h9H,3-8H2,1-2H3,(H2,14,15,16,17,18). The van der Waals surface area contributed by atoms with Gasteiger partial charge in [0.2, 0.25) is 17.2 Å². The summed E-state index contributed by atoms with van der Waals surface area (Å²) in [5.74, 6) is 1.75. The van der Waals surface area contributed by atoms with Gasteiger partial charge < -0.3 is 15.5 Å². The van der Waals surface area contributed by atoms with Crippen LogP contribution in [0.15, 0.2) is 0 Å². The number of nitrogens with zero attached hydrogens (tertiary/aromatic N) is 4. The smallest absolute Gasteiger partial charge is 0.228 e. The summed E-state index contributed by atoms with van der Waals surface area (Å²) in [7, 11) is 2.16. The van der Waals surface area contributed by atoms with Crippen LogP contribution < -0.4 is 10.6 Å². The number of anilines is 2. The highest BCUT2D eigenvalue weighted by molar-refractivity contribution is 6.28. The first kappa shape index (κ1) is 14.3. The van der Waals surface area contributed by atoms with Gasteiger partial charge >= 0.3 is 0 Å². The summed E-state index contributed by atoms with van der Waals surface area (Å²) in [4.78, 5) is 14.8. The normalized spacial score (nSPS) is 17.4. The van der Waals surface area contributed by atoms with Gasteiger partial charge in [0.25, 0.3) is 0 Å². The number of hydrogen-bond donors (Lipinski definition) is 2. The molecule has 2 N–H and O–H groups in total. The van der Waals surface area contributed by atoms with E-state index in [-0.39, 0.29) is 5.28 Å². The van der Waals surface area contributed by atoms with Gasteiger partial charge in [-0.15, -0.1) is 0 Å². The number of piperidine rings is 1. The second-order valence-electron chi connectivity index (χ2n) is 4.91. The maximum atomic E-state index is 5.88. The van der Waals surface area contributed by atoms with Crippen LogP contribution in [0.1, 0.15) is 19.8 Å².